The maximum absolute atomic E-state index is 6.15. The third kappa shape index (κ3) is 4.64. The highest BCUT2D eigenvalue weighted by Gasteiger charge is 2.14. The van der Waals surface area contributed by atoms with Crippen LogP contribution in [-0.2, 0) is 12.4 Å². The summed E-state index contributed by atoms with van der Waals surface area (Å²) >= 11 is 13.3. The first-order chi connectivity index (χ1) is 13.7. The fourth-order valence-corrected chi connectivity index (χ4v) is 3.18. The topological polar surface area (TPSA) is 87.1 Å². The maximum Gasteiger partial charge on any atom is 0.277 e. The molecule has 0 aliphatic rings. The summed E-state index contributed by atoms with van der Waals surface area (Å²) in [5, 5.41) is 13.5. The quantitative estimate of drug-likeness (QED) is 0.362. The van der Waals surface area contributed by atoms with Gasteiger partial charge in [0.15, 0.2) is 6.61 Å². The number of ether oxygens (including phenoxy) is 1. The molecule has 4 rings (SSSR count). The molecule has 0 aliphatic carbocycles. The van der Waals surface area contributed by atoms with Crippen LogP contribution in [-0.4, -0.2) is 20.3 Å². The molecule has 10 heteroatoms. The van der Waals surface area contributed by atoms with E-state index in [1.807, 2.05) is 18.2 Å². The van der Waals surface area contributed by atoms with Crippen LogP contribution in [0.1, 0.15) is 11.8 Å². The zero-order valence-corrected chi connectivity index (χ0v) is 16.5. The third-order valence-corrected chi connectivity index (χ3v) is 4.91. The van der Waals surface area contributed by atoms with E-state index in [9.17, 15) is 0 Å². The number of halogens is 2. The molecule has 2 aromatic heterocycles. The van der Waals surface area contributed by atoms with E-state index in [0.29, 0.717) is 49.9 Å². The molecule has 4 aromatic rings. The van der Waals surface area contributed by atoms with Crippen molar-refractivity contribution >= 4 is 35.0 Å². The van der Waals surface area contributed by atoms with Gasteiger partial charge >= 0.3 is 0 Å². The monoisotopic (exact) mass is 434 g/mol. The van der Waals surface area contributed by atoms with Crippen molar-refractivity contribution in [3.8, 4) is 17.1 Å². The minimum Gasteiger partial charge on any atom is -0.484 e. The average molecular weight is 435 g/mol. The summed E-state index contributed by atoms with van der Waals surface area (Å²) in [5.41, 5.74) is 0.712. The average Bonchev–Trinajstić information content (AvgIpc) is 3.36. The summed E-state index contributed by atoms with van der Waals surface area (Å²) < 4.78 is 16.4. The Labute approximate surface area is 174 Å². The van der Waals surface area contributed by atoms with E-state index in [1.165, 1.54) is 11.8 Å². The van der Waals surface area contributed by atoms with Crippen molar-refractivity contribution in [1.29, 1.82) is 0 Å². The van der Waals surface area contributed by atoms with Gasteiger partial charge in [0.05, 0.1) is 10.8 Å². The maximum atomic E-state index is 6.15. The van der Waals surface area contributed by atoms with Crippen molar-refractivity contribution in [2.75, 3.05) is 0 Å². The molecule has 0 fully saturated rings. The molecular formula is C18H12Cl2N4O3S. The van der Waals surface area contributed by atoms with E-state index in [4.69, 9.17) is 36.9 Å². The van der Waals surface area contributed by atoms with Crippen LogP contribution < -0.4 is 4.74 Å². The Bertz CT molecular complexity index is 1070. The zero-order chi connectivity index (χ0) is 19.3. The summed E-state index contributed by atoms with van der Waals surface area (Å²) in [4.78, 5) is 4.34. The van der Waals surface area contributed by atoms with Crippen LogP contribution in [0, 0.1) is 0 Å². The largest absolute Gasteiger partial charge is 0.484 e. The molecule has 0 saturated carbocycles. The molecule has 7 nitrogen and oxygen atoms in total. The van der Waals surface area contributed by atoms with Crippen LogP contribution in [0.15, 0.2) is 62.7 Å². The van der Waals surface area contributed by atoms with Gasteiger partial charge in [0, 0.05) is 10.6 Å². The number of benzene rings is 2. The summed E-state index contributed by atoms with van der Waals surface area (Å²) in [5.74, 6) is 2.27. The Hall–Kier alpha value is -2.55. The zero-order valence-electron chi connectivity index (χ0n) is 14.2. The number of hydrogen-bond acceptors (Lipinski definition) is 8. The second-order valence-electron chi connectivity index (χ2n) is 5.48. The van der Waals surface area contributed by atoms with E-state index in [2.05, 4.69) is 20.3 Å². The van der Waals surface area contributed by atoms with Crippen LogP contribution in [0.5, 0.6) is 5.75 Å². The molecule has 2 heterocycles. The van der Waals surface area contributed by atoms with Gasteiger partial charge in [0.25, 0.3) is 11.1 Å². The SMILES string of the molecule is Clc1ccc(OCc2nnc(SCc3nc(-c4ccccc4Cl)no3)o2)cc1. The van der Waals surface area contributed by atoms with Gasteiger partial charge in [0.1, 0.15) is 5.75 Å². The summed E-state index contributed by atoms with van der Waals surface area (Å²) in [6.07, 6.45) is 0. The third-order valence-electron chi connectivity index (χ3n) is 3.53. The highest BCUT2D eigenvalue weighted by atomic mass is 35.5. The van der Waals surface area contributed by atoms with Gasteiger partial charge in [0.2, 0.25) is 11.7 Å². The van der Waals surface area contributed by atoms with Crippen molar-refractivity contribution in [2.45, 2.75) is 17.6 Å². The van der Waals surface area contributed by atoms with E-state index in [-0.39, 0.29) is 6.61 Å². The Morgan fingerprint density at radius 2 is 1.79 bits per heavy atom. The molecule has 142 valence electrons. The van der Waals surface area contributed by atoms with Crippen molar-refractivity contribution in [3.05, 3.63) is 70.4 Å². The molecule has 0 bridgehead atoms. The highest BCUT2D eigenvalue weighted by molar-refractivity contribution is 7.98. The van der Waals surface area contributed by atoms with Gasteiger partial charge in [-0.05, 0) is 36.4 Å². The van der Waals surface area contributed by atoms with Gasteiger partial charge in [-0.25, -0.2) is 0 Å². The molecule has 0 radical (unpaired) electrons. The van der Waals surface area contributed by atoms with Gasteiger partial charge in [-0.1, -0.05) is 52.3 Å². The molecule has 0 saturated heterocycles. The van der Waals surface area contributed by atoms with Crippen molar-refractivity contribution in [1.82, 2.24) is 20.3 Å². The molecule has 2 aromatic carbocycles. The van der Waals surface area contributed by atoms with E-state index in [0.717, 1.165) is 0 Å². The molecule has 0 atom stereocenters. The lowest BCUT2D eigenvalue weighted by atomic mass is 10.2. The molecule has 0 N–H and O–H groups in total. The number of nitrogens with zero attached hydrogens (tertiary/aromatic N) is 4. The van der Waals surface area contributed by atoms with E-state index < -0.39 is 0 Å². The number of hydrogen-bond donors (Lipinski definition) is 0. The van der Waals surface area contributed by atoms with Gasteiger partial charge < -0.3 is 13.7 Å². The molecule has 0 aliphatic heterocycles. The van der Waals surface area contributed by atoms with E-state index >= 15 is 0 Å². The van der Waals surface area contributed by atoms with Gasteiger partial charge in [-0.3, -0.25) is 0 Å². The van der Waals surface area contributed by atoms with Crippen LogP contribution in [0.3, 0.4) is 0 Å². The standard InChI is InChI=1S/C18H12Cl2N4O3S/c19-11-5-7-12(8-6-11)25-9-15-22-23-18(26-15)28-10-16-21-17(24-27-16)13-3-1-2-4-14(13)20/h1-8H,9-10H2. The normalized spacial score (nSPS) is 10.9. The van der Waals surface area contributed by atoms with Crippen LogP contribution in [0.2, 0.25) is 10.0 Å². The molecular weight excluding hydrogens is 423 g/mol. The lowest BCUT2D eigenvalue weighted by Gasteiger charge is -2.02. The van der Waals surface area contributed by atoms with Gasteiger partial charge in [-0.15, -0.1) is 10.2 Å². The Morgan fingerprint density at radius 3 is 2.61 bits per heavy atom. The smallest absolute Gasteiger partial charge is 0.277 e. The van der Waals surface area contributed by atoms with Crippen LogP contribution in [0.25, 0.3) is 11.4 Å². The Morgan fingerprint density at radius 1 is 0.964 bits per heavy atom. The fraction of sp³-hybridized carbons (Fsp3) is 0.111. The predicted octanol–water partition coefficient (Wildman–Crippen LogP) is 5.30. The van der Waals surface area contributed by atoms with Crippen LogP contribution in [0.4, 0.5) is 0 Å². The highest BCUT2D eigenvalue weighted by Crippen LogP contribution is 2.27. The minimum atomic E-state index is 0.159. The summed E-state index contributed by atoms with van der Waals surface area (Å²) in [6, 6.07) is 14.3. The molecule has 28 heavy (non-hydrogen) atoms. The number of aromatic nitrogens is 4. The fourth-order valence-electron chi connectivity index (χ4n) is 2.22. The lowest BCUT2D eigenvalue weighted by Crippen LogP contribution is -1.95. The number of rotatable bonds is 7. The predicted molar refractivity (Wildman–Crippen MR) is 104 cm³/mol. The Kier molecular flexibility index (Phi) is 5.80. The van der Waals surface area contributed by atoms with Crippen molar-refractivity contribution in [2.24, 2.45) is 0 Å². The molecule has 0 unspecified atom stereocenters. The summed E-state index contributed by atoms with van der Waals surface area (Å²) in [7, 11) is 0. The second kappa shape index (κ2) is 8.64. The first-order valence-electron chi connectivity index (χ1n) is 8.08. The lowest BCUT2D eigenvalue weighted by molar-refractivity contribution is 0.252. The Balaban J connectivity index is 1.32. The van der Waals surface area contributed by atoms with E-state index in [1.54, 1.807) is 30.3 Å². The first kappa shape index (κ1) is 18.8. The first-order valence-corrected chi connectivity index (χ1v) is 9.82. The minimum absolute atomic E-state index is 0.159. The van der Waals surface area contributed by atoms with Crippen molar-refractivity contribution in [3.63, 3.8) is 0 Å². The molecule has 0 amide bonds. The van der Waals surface area contributed by atoms with Crippen LogP contribution >= 0.6 is 35.0 Å². The summed E-state index contributed by atoms with van der Waals surface area (Å²) in [6.45, 7) is 0.159. The van der Waals surface area contributed by atoms with Crippen molar-refractivity contribution < 1.29 is 13.7 Å². The van der Waals surface area contributed by atoms with Gasteiger partial charge in [-0.2, -0.15) is 4.98 Å². The number of thioether (sulfide) groups is 1. The molecule has 0 spiro atoms. The second-order valence-corrected chi connectivity index (χ2v) is 7.25.